The number of nitrogens with zero attached hydrogens (tertiary/aromatic N) is 1. The lowest BCUT2D eigenvalue weighted by molar-refractivity contribution is -0.297. The first-order valence-electron chi connectivity index (χ1n) is 12.2. The van der Waals surface area contributed by atoms with E-state index < -0.39 is 35.5 Å². The monoisotopic (exact) mass is 494 g/mol. The molecule has 3 N–H and O–H groups in total. The topological polar surface area (TPSA) is 100 Å². The van der Waals surface area contributed by atoms with Gasteiger partial charge in [-0.25, -0.2) is 13.6 Å². The number of piperidine rings is 2. The third-order valence-electron chi connectivity index (χ3n) is 8.38. The smallest absolute Gasteiger partial charge is 0.333 e. The maximum atomic E-state index is 15.1. The summed E-state index contributed by atoms with van der Waals surface area (Å²) in [5.41, 5.74) is -1.31. The van der Waals surface area contributed by atoms with Crippen LogP contribution in [0, 0.1) is 23.5 Å². The predicted molar refractivity (Wildman–Crippen MR) is 121 cm³/mol. The number of benzene rings is 1. The summed E-state index contributed by atoms with van der Waals surface area (Å²) in [6.07, 6.45) is 3.24. The molecule has 0 spiro atoms. The van der Waals surface area contributed by atoms with Gasteiger partial charge in [-0.05, 0) is 42.4 Å². The Morgan fingerprint density at radius 3 is 2.80 bits per heavy atom. The van der Waals surface area contributed by atoms with Crippen molar-refractivity contribution < 1.29 is 38.0 Å². The number of carbonyl (C=O) groups excluding carboxylic acids is 1. The van der Waals surface area contributed by atoms with Crippen molar-refractivity contribution in [2.24, 2.45) is 11.8 Å². The van der Waals surface area contributed by atoms with Crippen LogP contribution in [0.2, 0.25) is 0 Å². The van der Waals surface area contributed by atoms with Crippen molar-refractivity contribution in [1.82, 2.24) is 4.90 Å². The molecule has 35 heavy (non-hydrogen) atoms. The fraction of sp³-hybridized carbons (Fsp3) is 0.640. The molecule has 0 amide bonds. The van der Waals surface area contributed by atoms with E-state index in [1.807, 2.05) is 0 Å². The summed E-state index contributed by atoms with van der Waals surface area (Å²) in [6.45, 7) is 3.11. The van der Waals surface area contributed by atoms with E-state index >= 15 is 4.39 Å². The van der Waals surface area contributed by atoms with Crippen LogP contribution >= 0.6 is 0 Å². The number of rotatable bonds is 5. The SMILES string of the molecule is CC[C@@H]1CN2CC[C@@]34OCCO[C@@]3(Nc3c(F)c(F)cc(CO)c34)[C@@H]2C[C@@H]1/C(=C\CO)C(=O)OC. The molecule has 10 heteroatoms. The minimum absolute atomic E-state index is 0.0361. The number of fused-ring (bicyclic) bond motifs is 2. The van der Waals surface area contributed by atoms with Crippen molar-refractivity contribution in [2.45, 2.75) is 50.2 Å². The molecule has 5 rings (SSSR count). The van der Waals surface area contributed by atoms with E-state index in [0.29, 0.717) is 37.1 Å². The number of hydrogen-bond donors (Lipinski definition) is 3. The van der Waals surface area contributed by atoms with Crippen molar-refractivity contribution in [3.05, 3.63) is 40.5 Å². The molecule has 3 fully saturated rings. The first-order chi connectivity index (χ1) is 16.9. The molecule has 4 aliphatic rings. The minimum Gasteiger partial charge on any atom is -0.466 e. The highest BCUT2D eigenvalue weighted by Crippen LogP contribution is 2.61. The van der Waals surface area contributed by atoms with Gasteiger partial charge in [-0.1, -0.05) is 13.3 Å². The molecule has 192 valence electrons. The Kier molecular flexibility index (Phi) is 6.38. The van der Waals surface area contributed by atoms with E-state index in [-0.39, 0.29) is 48.9 Å². The van der Waals surface area contributed by atoms with Gasteiger partial charge in [-0.3, -0.25) is 4.90 Å². The normalized spacial score (nSPS) is 34.3. The Morgan fingerprint density at radius 1 is 1.34 bits per heavy atom. The molecule has 0 aliphatic carbocycles. The van der Waals surface area contributed by atoms with Crippen molar-refractivity contribution in [2.75, 3.05) is 45.3 Å². The number of halogens is 2. The van der Waals surface area contributed by atoms with Crippen molar-refractivity contribution in [1.29, 1.82) is 0 Å². The van der Waals surface area contributed by atoms with Crippen LogP contribution in [0.25, 0.3) is 0 Å². The quantitative estimate of drug-likeness (QED) is 0.423. The summed E-state index contributed by atoms with van der Waals surface area (Å²) >= 11 is 0. The summed E-state index contributed by atoms with van der Waals surface area (Å²) in [7, 11) is 1.31. The van der Waals surface area contributed by atoms with Gasteiger partial charge in [0.15, 0.2) is 17.4 Å². The third kappa shape index (κ3) is 3.37. The molecule has 4 aliphatic heterocycles. The van der Waals surface area contributed by atoms with E-state index in [9.17, 15) is 19.4 Å². The number of aliphatic hydroxyl groups excluding tert-OH is 2. The summed E-state index contributed by atoms with van der Waals surface area (Å²) < 4.78 is 47.5. The lowest BCUT2D eigenvalue weighted by Crippen LogP contribution is -2.75. The predicted octanol–water partition coefficient (Wildman–Crippen LogP) is 2.03. The van der Waals surface area contributed by atoms with Gasteiger partial charge in [0.1, 0.15) is 5.60 Å². The second-order valence-corrected chi connectivity index (χ2v) is 9.73. The highest BCUT2D eigenvalue weighted by Gasteiger charge is 2.70. The van der Waals surface area contributed by atoms with E-state index in [4.69, 9.17) is 14.2 Å². The van der Waals surface area contributed by atoms with Crippen LogP contribution in [0.1, 0.15) is 37.3 Å². The molecule has 4 heterocycles. The summed E-state index contributed by atoms with van der Waals surface area (Å²) in [5, 5.41) is 22.9. The second kappa shape index (κ2) is 9.08. The Labute approximate surface area is 202 Å². The highest BCUT2D eigenvalue weighted by molar-refractivity contribution is 5.89. The van der Waals surface area contributed by atoms with Crippen LogP contribution < -0.4 is 5.32 Å². The number of anilines is 1. The molecule has 5 atom stereocenters. The molecule has 1 aromatic carbocycles. The van der Waals surface area contributed by atoms with Gasteiger partial charge in [0.2, 0.25) is 0 Å². The fourth-order valence-corrected chi connectivity index (χ4v) is 6.94. The minimum atomic E-state index is -1.23. The lowest BCUT2D eigenvalue weighted by atomic mass is 9.66. The number of hydrogen-bond acceptors (Lipinski definition) is 8. The maximum absolute atomic E-state index is 15.1. The molecule has 3 saturated heterocycles. The van der Waals surface area contributed by atoms with Crippen LogP contribution in [-0.2, 0) is 31.2 Å². The van der Waals surface area contributed by atoms with Gasteiger partial charge in [0.05, 0.1) is 45.3 Å². The molecule has 0 saturated carbocycles. The number of nitrogens with one attached hydrogen (secondary N) is 1. The zero-order valence-electron chi connectivity index (χ0n) is 20.0. The Hall–Kier alpha value is -2.11. The molecule has 0 radical (unpaired) electrons. The summed E-state index contributed by atoms with van der Waals surface area (Å²) in [6, 6.07) is 0.679. The molecule has 0 bridgehead atoms. The standard InChI is InChI=1S/C25H32F2N2O6/c1-3-14-12-29-6-5-24-20-15(13-31)10-18(26)21(27)22(20)28-25(24,35-9-8-34-24)19(29)11-17(14)16(4-7-30)23(32)33-2/h4,10,14,17,19,28,30-31H,3,5-9,11-13H2,1-2H3/b16-4+/t14-,17+,19+,24+,25+/m1/s1. The largest absolute Gasteiger partial charge is 0.466 e. The van der Waals surface area contributed by atoms with Gasteiger partial charge in [0, 0.05) is 24.2 Å². The van der Waals surface area contributed by atoms with E-state index in [0.717, 1.165) is 12.5 Å². The Morgan fingerprint density at radius 2 is 2.11 bits per heavy atom. The first-order valence-corrected chi connectivity index (χ1v) is 12.2. The van der Waals surface area contributed by atoms with Crippen LogP contribution in [0.5, 0.6) is 0 Å². The van der Waals surface area contributed by atoms with Crippen LogP contribution in [-0.4, -0.2) is 72.9 Å². The van der Waals surface area contributed by atoms with Gasteiger partial charge >= 0.3 is 5.97 Å². The first kappa shape index (κ1) is 24.6. The number of esters is 1. The zero-order chi connectivity index (χ0) is 25.0. The number of methoxy groups -OCH3 is 1. The lowest BCUT2D eigenvalue weighted by Gasteiger charge is -2.61. The molecule has 8 nitrogen and oxygen atoms in total. The average Bonchev–Trinajstić information content (AvgIpc) is 3.21. The molecule has 0 unspecified atom stereocenters. The van der Waals surface area contributed by atoms with Crippen molar-refractivity contribution in [3.63, 3.8) is 0 Å². The van der Waals surface area contributed by atoms with Gasteiger partial charge in [-0.15, -0.1) is 0 Å². The van der Waals surface area contributed by atoms with Gasteiger partial charge < -0.3 is 29.7 Å². The highest BCUT2D eigenvalue weighted by atomic mass is 19.2. The van der Waals surface area contributed by atoms with E-state index in [2.05, 4.69) is 17.1 Å². The number of ether oxygens (including phenoxy) is 3. The maximum Gasteiger partial charge on any atom is 0.333 e. The van der Waals surface area contributed by atoms with Crippen LogP contribution in [0.4, 0.5) is 14.5 Å². The van der Waals surface area contributed by atoms with E-state index in [1.165, 1.54) is 13.2 Å². The summed E-state index contributed by atoms with van der Waals surface area (Å²) in [5.74, 6) is -2.68. The molecular formula is C25H32F2N2O6. The molecular weight excluding hydrogens is 462 g/mol. The molecule has 1 aromatic rings. The third-order valence-corrected chi connectivity index (χ3v) is 8.38. The number of carbonyl (C=O) groups is 1. The van der Waals surface area contributed by atoms with Crippen LogP contribution in [0.3, 0.4) is 0 Å². The Bertz CT molecular complexity index is 1050. The van der Waals surface area contributed by atoms with Gasteiger partial charge in [0.25, 0.3) is 0 Å². The fourth-order valence-electron chi connectivity index (χ4n) is 6.94. The van der Waals surface area contributed by atoms with Crippen LogP contribution in [0.15, 0.2) is 17.7 Å². The average molecular weight is 495 g/mol. The van der Waals surface area contributed by atoms with Crippen molar-refractivity contribution >= 4 is 11.7 Å². The second-order valence-electron chi connectivity index (χ2n) is 9.73. The zero-order valence-corrected chi connectivity index (χ0v) is 20.0. The molecule has 0 aromatic heterocycles. The Balaban J connectivity index is 1.64. The van der Waals surface area contributed by atoms with Gasteiger partial charge in [-0.2, -0.15) is 0 Å². The van der Waals surface area contributed by atoms with Crippen molar-refractivity contribution in [3.8, 4) is 0 Å². The van der Waals surface area contributed by atoms with E-state index in [1.54, 1.807) is 0 Å². The summed E-state index contributed by atoms with van der Waals surface area (Å²) in [4.78, 5) is 14.9. The number of aliphatic hydroxyl groups is 2.